The monoisotopic (exact) mass is 149 g/mol. The lowest BCUT2D eigenvalue weighted by molar-refractivity contribution is 0.868. The van der Waals surface area contributed by atoms with Gasteiger partial charge in [0.05, 0.1) is 0 Å². The van der Waals surface area contributed by atoms with Crippen LogP contribution in [0.4, 0.5) is 0 Å². The normalized spacial score (nSPS) is 12.5. The third kappa shape index (κ3) is 9.22. The zero-order valence-electron chi connectivity index (χ0n) is 7.29. The quantitative estimate of drug-likeness (QED) is 0.413. The van der Waals surface area contributed by atoms with Crippen molar-refractivity contribution in [1.29, 1.82) is 0 Å². The molecule has 0 N–H and O–H groups in total. The summed E-state index contributed by atoms with van der Waals surface area (Å²) in [6.07, 6.45) is 15.9. The lowest BCUT2D eigenvalue weighted by Crippen LogP contribution is -1.67. The number of unbranched alkanes of at least 4 members (excludes halogenated alkanes) is 2. The maximum atomic E-state index is 3.62. The van der Waals surface area contributed by atoms with Gasteiger partial charge in [0, 0.05) is 0 Å². The summed E-state index contributed by atoms with van der Waals surface area (Å²) in [4.78, 5) is 0. The number of hydrogen-bond acceptors (Lipinski definition) is 0. The molecule has 0 aliphatic heterocycles. The Balaban J connectivity index is 3.13. The van der Waals surface area contributed by atoms with Crippen molar-refractivity contribution >= 4 is 0 Å². The van der Waals surface area contributed by atoms with Crippen molar-refractivity contribution in [3.63, 3.8) is 0 Å². The van der Waals surface area contributed by atoms with Crippen LogP contribution in [-0.4, -0.2) is 0 Å². The molecule has 0 atom stereocenters. The zero-order chi connectivity index (χ0) is 8.36. The highest BCUT2D eigenvalue weighted by molar-refractivity contribution is 5.00. The van der Waals surface area contributed by atoms with E-state index < -0.39 is 0 Å². The molecule has 11 heavy (non-hydrogen) atoms. The molecule has 0 heteroatoms. The van der Waals surface area contributed by atoms with Gasteiger partial charge < -0.3 is 0 Å². The van der Waals surface area contributed by atoms with Crippen molar-refractivity contribution in [1.82, 2.24) is 0 Å². The van der Waals surface area contributed by atoms with Gasteiger partial charge in [-0.1, -0.05) is 36.5 Å². The van der Waals surface area contributed by atoms with Gasteiger partial charge in [-0.2, -0.15) is 0 Å². The van der Waals surface area contributed by atoms with E-state index in [-0.39, 0.29) is 0 Å². The smallest absolute Gasteiger partial charge is 0.0316 e. The van der Waals surface area contributed by atoms with Crippen LogP contribution in [0.3, 0.4) is 0 Å². The Morgan fingerprint density at radius 2 is 1.82 bits per heavy atom. The summed E-state index contributed by atoms with van der Waals surface area (Å²) in [7, 11) is 0. The first-order valence-corrected chi connectivity index (χ1v) is 4.14. The molecule has 0 aromatic carbocycles. The largest absolute Gasteiger partial charge is 0.0885 e. The van der Waals surface area contributed by atoms with Crippen LogP contribution in [0.25, 0.3) is 0 Å². The first-order chi connectivity index (χ1) is 5.41. The molecule has 0 fully saturated rings. The average molecular weight is 149 g/mol. The van der Waals surface area contributed by atoms with Gasteiger partial charge in [0.2, 0.25) is 0 Å². The van der Waals surface area contributed by atoms with E-state index in [1.54, 1.807) is 0 Å². The summed E-state index contributed by atoms with van der Waals surface area (Å²) in [6, 6.07) is 0. The molecule has 1 radical (unpaired) electrons. The second-order valence-corrected chi connectivity index (χ2v) is 2.36. The van der Waals surface area contributed by atoms with Crippen LogP contribution in [0.1, 0.15) is 26.2 Å². The van der Waals surface area contributed by atoms with Crippen molar-refractivity contribution in [3.05, 3.63) is 43.4 Å². The van der Waals surface area contributed by atoms with Crippen molar-refractivity contribution in [2.75, 3.05) is 0 Å². The van der Waals surface area contributed by atoms with Crippen LogP contribution in [0.15, 0.2) is 36.5 Å². The number of allylic oxidation sites excluding steroid dienone is 6. The van der Waals surface area contributed by atoms with Gasteiger partial charge in [-0.25, -0.2) is 0 Å². The van der Waals surface area contributed by atoms with Gasteiger partial charge >= 0.3 is 0 Å². The molecule has 0 aliphatic carbocycles. The molecule has 0 saturated heterocycles. The molecule has 0 rings (SSSR count). The summed E-state index contributed by atoms with van der Waals surface area (Å²) in [5.41, 5.74) is 0. The fourth-order valence-corrected chi connectivity index (χ4v) is 0.757. The van der Waals surface area contributed by atoms with Crippen molar-refractivity contribution < 1.29 is 0 Å². The summed E-state index contributed by atoms with van der Waals surface area (Å²) < 4.78 is 0. The molecule has 61 valence electrons. The molecule has 0 aliphatic rings. The predicted molar refractivity (Wildman–Crippen MR) is 52.3 cm³/mol. The number of hydrogen-bond donors (Lipinski definition) is 0. The molecule has 0 aromatic rings. The van der Waals surface area contributed by atoms with Crippen molar-refractivity contribution in [3.8, 4) is 0 Å². The lowest BCUT2D eigenvalue weighted by Gasteiger charge is -1.87. The molecule has 0 unspecified atom stereocenters. The van der Waals surface area contributed by atoms with E-state index in [2.05, 4.69) is 31.2 Å². The van der Waals surface area contributed by atoms with Crippen LogP contribution in [0.2, 0.25) is 0 Å². The van der Waals surface area contributed by atoms with E-state index in [1.807, 2.05) is 19.1 Å². The highest BCUT2D eigenvalue weighted by Gasteiger charge is 1.77. The molecular formula is C11H17. The van der Waals surface area contributed by atoms with Crippen LogP contribution >= 0.6 is 0 Å². The molecule has 0 bridgehead atoms. The minimum absolute atomic E-state index is 1.14. The third-order valence-electron chi connectivity index (χ3n) is 1.35. The second kappa shape index (κ2) is 9.22. The standard InChI is InChI=1S/C11H17/c1-3-5-7-9-11-10-8-6-4-2/h3-6,8,10H,1,7,9,11H2,2H3/b5-3+,6-4+,10-8+. The van der Waals surface area contributed by atoms with Gasteiger partial charge in [0.1, 0.15) is 0 Å². The van der Waals surface area contributed by atoms with E-state index in [0.29, 0.717) is 0 Å². The predicted octanol–water partition coefficient (Wildman–Crippen LogP) is 3.68. The van der Waals surface area contributed by atoms with E-state index in [9.17, 15) is 0 Å². The van der Waals surface area contributed by atoms with Crippen LogP contribution in [0, 0.1) is 6.92 Å². The Labute approximate surface area is 70.3 Å². The van der Waals surface area contributed by atoms with Gasteiger partial charge in [-0.3, -0.25) is 0 Å². The molecule has 0 saturated carbocycles. The minimum Gasteiger partial charge on any atom is -0.0885 e. The third-order valence-corrected chi connectivity index (χ3v) is 1.35. The van der Waals surface area contributed by atoms with Gasteiger partial charge in [0.25, 0.3) is 0 Å². The first kappa shape index (κ1) is 10.2. The summed E-state index contributed by atoms with van der Waals surface area (Å²) in [5, 5.41) is 0. The van der Waals surface area contributed by atoms with E-state index in [0.717, 1.165) is 12.8 Å². The molecule has 0 nitrogen and oxygen atoms in total. The highest BCUT2D eigenvalue weighted by atomic mass is 13.8. The first-order valence-electron chi connectivity index (χ1n) is 4.14. The van der Waals surface area contributed by atoms with E-state index >= 15 is 0 Å². The molecule has 0 aromatic heterocycles. The minimum atomic E-state index is 1.14. The lowest BCUT2D eigenvalue weighted by atomic mass is 10.2. The second-order valence-electron chi connectivity index (χ2n) is 2.36. The zero-order valence-corrected chi connectivity index (χ0v) is 7.29. The fraction of sp³-hybridized carbons (Fsp3) is 0.364. The Kier molecular flexibility index (Phi) is 8.57. The maximum absolute atomic E-state index is 3.62. The summed E-state index contributed by atoms with van der Waals surface area (Å²) in [6.45, 7) is 5.65. The molecular weight excluding hydrogens is 132 g/mol. The Morgan fingerprint density at radius 3 is 2.45 bits per heavy atom. The van der Waals surface area contributed by atoms with Crippen LogP contribution in [-0.2, 0) is 0 Å². The van der Waals surface area contributed by atoms with Gasteiger partial charge in [-0.05, 0) is 33.1 Å². The summed E-state index contributed by atoms with van der Waals surface area (Å²) >= 11 is 0. The summed E-state index contributed by atoms with van der Waals surface area (Å²) in [5.74, 6) is 0. The Hall–Kier alpha value is -0.780. The Bertz CT molecular complexity index is 138. The van der Waals surface area contributed by atoms with Crippen molar-refractivity contribution in [2.24, 2.45) is 0 Å². The van der Waals surface area contributed by atoms with E-state index in [4.69, 9.17) is 0 Å². The Morgan fingerprint density at radius 1 is 1.09 bits per heavy atom. The number of rotatable bonds is 5. The SMILES string of the molecule is [CH2]/C=C/CCC/C=C/C=C/C. The average Bonchev–Trinajstić information content (AvgIpc) is 2.03. The maximum Gasteiger partial charge on any atom is -0.0316 e. The molecule has 0 amide bonds. The van der Waals surface area contributed by atoms with Crippen molar-refractivity contribution in [2.45, 2.75) is 26.2 Å². The van der Waals surface area contributed by atoms with E-state index in [1.165, 1.54) is 6.42 Å². The highest BCUT2D eigenvalue weighted by Crippen LogP contribution is 1.97. The fourth-order valence-electron chi connectivity index (χ4n) is 0.757. The topological polar surface area (TPSA) is 0 Å². The van der Waals surface area contributed by atoms with Crippen LogP contribution in [0.5, 0.6) is 0 Å². The van der Waals surface area contributed by atoms with Gasteiger partial charge in [0.15, 0.2) is 0 Å². The van der Waals surface area contributed by atoms with Gasteiger partial charge in [-0.15, -0.1) is 0 Å². The molecule has 0 spiro atoms. The molecule has 0 heterocycles. The van der Waals surface area contributed by atoms with Crippen LogP contribution < -0.4 is 0 Å².